The molecule has 0 bridgehead atoms. The summed E-state index contributed by atoms with van der Waals surface area (Å²) in [6.45, 7) is 6.56. The molecule has 0 radical (unpaired) electrons. The lowest BCUT2D eigenvalue weighted by Crippen LogP contribution is -2.55. The molecule has 0 spiro atoms. The van der Waals surface area contributed by atoms with Crippen molar-refractivity contribution in [2.75, 3.05) is 36.8 Å². The number of rotatable bonds is 1. The summed E-state index contributed by atoms with van der Waals surface area (Å²) < 4.78 is 0. The third-order valence-electron chi connectivity index (χ3n) is 4.23. The number of nitrogens with zero attached hydrogens (tertiary/aromatic N) is 4. The molecule has 2 N–H and O–H groups in total. The number of nitrogens with two attached hydrogens (primary N) is 1. The first-order valence-electron chi connectivity index (χ1n) is 6.82. The topological polar surface area (TPSA) is 58.3 Å². The highest BCUT2D eigenvalue weighted by Gasteiger charge is 2.30. The van der Waals surface area contributed by atoms with Gasteiger partial charge in [-0.15, -0.1) is 0 Å². The van der Waals surface area contributed by atoms with Crippen molar-refractivity contribution in [1.82, 2.24) is 14.9 Å². The second kappa shape index (κ2) is 4.72. The highest BCUT2D eigenvalue weighted by Crippen LogP contribution is 2.26. The maximum absolute atomic E-state index is 5.87. The summed E-state index contributed by atoms with van der Waals surface area (Å²) in [4.78, 5) is 13.5. The van der Waals surface area contributed by atoms with Gasteiger partial charge in [0, 0.05) is 31.2 Å². The first-order valence-corrected chi connectivity index (χ1v) is 6.82. The van der Waals surface area contributed by atoms with Gasteiger partial charge in [0.05, 0.1) is 0 Å². The molecule has 1 aromatic rings. The van der Waals surface area contributed by atoms with E-state index < -0.39 is 0 Å². The van der Waals surface area contributed by atoms with E-state index in [1.807, 2.05) is 6.92 Å². The molecule has 98 valence electrons. The van der Waals surface area contributed by atoms with Gasteiger partial charge in [-0.1, -0.05) is 6.42 Å². The van der Waals surface area contributed by atoms with E-state index in [1.54, 1.807) is 6.33 Å². The lowest BCUT2D eigenvalue weighted by atomic mass is 9.99. The number of nitrogen functional groups attached to an aromatic ring is 1. The number of piperidine rings is 1. The molecule has 1 atom stereocenters. The zero-order valence-electron chi connectivity index (χ0n) is 11.0. The smallest absolute Gasteiger partial charge is 0.137 e. The maximum atomic E-state index is 5.87. The summed E-state index contributed by atoms with van der Waals surface area (Å²) in [5, 5.41) is 0. The third-order valence-corrected chi connectivity index (χ3v) is 4.23. The van der Waals surface area contributed by atoms with Crippen molar-refractivity contribution in [3.05, 3.63) is 11.9 Å². The number of anilines is 2. The molecule has 18 heavy (non-hydrogen) atoms. The quantitative estimate of drug-likeness (QED) is 0.803. The second-order valence-electron chi connectivity index (χ2n) is 5.34. The van der Waals surface area contributed by atoms with Crippen LogP contribution < -0.4 is 10.6 Å². The Balaban J connectivity index is 1.79. The molecule has 5 nitrogen and oxygen atoms in total. The molecular formula is C13H21N5. The van der Waals surface area contributed by atoms with Crippen LogP contribution in [-0.4, -0.2) is 47.1 Å². The van der Waals surface area contributed by atoms with Crippen LogP contribution in [0.15, 0.2) is 6.33 Å². The fraction of sp³-hybridized carbons (Fsp3) is 0.692. The molecule has 0 aliphatic carbocycles. The van der Waals surface area contributed by atoms with Crippen LogP contribution in [0.5, 0.6) is 0 Å². The summed E-state index contributed by atoms with van der Waals surface area (Å²) in [6, 6.07) is 0.697. The fourth-order valence-corrected chi connectivity index (χ4v) is 3.12. The van der Waals surface area contributed by atoms with Crippen molar-refractivity contribution in [3.8, 4) is 0 Å². The van der Waals surface area contributed by atoms with Crippen molar-refractivity contribution in [1.29, 1.82) is 0 Å². The number of aromatic nitrogens is 2. The summed E-state index contributed by atoms with van der Waals surface area (Å²) in [6.07, 6.45) is 5.61. The SMILES string of the molecule is Cc1c(N)ncnc1N1CCN2CCCCC2C1. The van der Waals surface area contributed by atoms with Gasteiger partial charge in [0.25, 0.3) is 0 Å². The molecule has 2 aliphatic rings. The monoisotopic (exact) mass is 247 g/mol. The summed E-state index contributed by atoms with van der Waals surface area (Å²) >= 11 is 0. The van der Waals surface area contributed by atoms with Crippen LogP contribution in [0.25, 0.3) is 0 Å². The third kappa shape index (κ3) is 2.03. The standard InChI is InChI=1S/C13H21N5/c1-10-12(14)15-9-16-13(10)18-7-6-17-5-3-2-4-11(17)8-18/h9,11H,2-8H2,1H3,(H2,14,15,16). The van der Waals surface area contributed by atoms with Crippen molar-refractivity contribution in [2.24, 2.45) is 0 Å². The Hall–Kier alpha value is -1.36. The maximum Gasteiger partial charge on any atom is 0.137 e. The molecule has 0 saturated carbocycles. The number of hydrogen-bond donors (Lipinski definition) is 1. The van der Waals surface area contributed by atoms with E-state index in [0.29, 0.717) is 11.9 Å². The summed E-state index contributed by atoms with van der Waals surface area (Å²) in [5.41, 5.74) is 6.89. The number of fused-ring (bicyclic) bond motifs is 1. The summed E-state index contributed by atoms with van der Waals surface area (Å²) in [5.74, 6) is 1.62. The van der Waals surface area contributed by atoms with Gasteiger partial charge in [-0.05, 0) is 26.3 Å². The van der Waals surface area contributed by atoms with E-state index in [1.165, 1.54) is 25.8 Å². The van der Waals surface area contributed by atoms with Crippen molar-refractivity contribution in [3.63, 3.8) is 0 Å². The normalized spacial score (nSPS) is 24.9. The first kappa shape index (κ1) is 11.7. The van der Waals surface area contributed by atoms with Crippen LogP contribution in [-0.2, 0) is 0 Å². The minimum Gasteiger partial charge on any atom is -0.383 e. The van der Waals surface area contributed by atoms with Gasteiger partial charge < -0.3 is 10.6 Å². The molecule has 3 heterocycles. The van der Waals surface area contributed by atoms with Gasteiger partial charge in [0.1, 0.15) is 18.0 Å². The highest BCUT2D eigenvalue weighted by atomic mass is 15.3. The minimum atomic E-state index is 0.603. The molecular weight excluding hydrogens is 226 g/mol. The van der Waals surface area contributed by atoms with Crippen LogP contribution >= 0.6 is 0 Å². The predicted octanol–water partition coefficient (Wildman–Crippen LogP) is 1.04. The van der Waals surface area contributed by atoms with E-state index >= 15 is 0 Å². The zero-order chi connectivity index (χ0) is 12.5. The molecule has 0 aromatic carbocycles. The zero-order valence-corrected chi connectivity index (χ0v) is 11.0. The molecule has 2 saturated heterocycles. The molecule has 2 fully saturated rings. The van der Waals surface area contributed by atoms with Gasteiger partial charge in [-0.3, -0.25) is 4.90 Å². The van der Waals surface area contributed by atoms with Crippen molar-refractivity contribution >= 4 is 11.6 Å². The predicted molar refractivity (Wildman–Crippen MR) is 72.6 cm³/mol. The summed E-state index contributed by atoms with van der Waals surface area (Å²) in [7, 11) is 0. The largest absolute Gasteiger partial charge is 0.383 e. The Kier molecular flexibility index (Phi) is 3.07. The van der Waals surface area contributed by atoms with E-state index in [-0.39, 0.29) is 0 Å². The lowest BCUT2D eigenvalue weighted by Gasteiger charge is -2.44. The second-order valence-corrected chi connectivity index (χ2v) is 5.34. The molecule has 2 aliphatic heterocycles. The van der Waals surface area contributed by atoms with Crippen LogP contribution in [0.2, 0.25) is 0 Å². The van der Waals surface area contributed by atoms with Gasteiger partial charge in [-0.25, -0.2) is 9.97 Å². The van der Waals surface area contributed by atoms with Gasteiger partial charge in [0.2, 0.25) is 0 Å². The highest BCUT2D eigenvalue weighted by molar-refractivity contribution is 5.56. The van der Waals surface area contributed by atoms with E-state index in [2.05, 4.69) is 19.8 Å². The molecule has 5 heteroatoms. The Labute approximate surface area is 108 Å². The van der Waals surface area contributed by atoms with Crippen LogP contribution in [0.1, 0.15) is 24.8 Å². The van der Waals surface area contributed by atoms with Crippen LogP contribution in [0, 0.1) is 6.92 Å². The fourth-order valence-electron chi connectivity index (χ4n) is 3.12. The van der Waals surface area contributed by atoms with Crippen molar-refractivity contribution in [2.45, 2.75) is 32.2 Å². The average molecular weight is 247 g/mol. The van der Waals surface area contributed by atoms with Gasteiger partial charge in [-0.2, -0.15) is 0 Å². The Morgan fingerprint density at radius 1 is 1.22 bits per heavy atom. The van der Waals surface area contributed by atoms with E-state index in [0.717, 1.165) is 31.0 Å². The molecule has 1 aromatic heterocycles. The Morgan fingerprint density at radius 2 is 2.11 bits per heavy atom. The first-order chi connectivity index (χ1) is 8.75. The lowest BCUT2D eigenvalue weighted by molar-refractivity contribution is 0.133. The average Bonchev–Trinajstić information content (AvgIpc) is 2.41. The van der Waals surface area contributed by atoms with Crippen LogP contribution in [0.4, 0.5) is 11.6 Å². The molecule has 3 rings (SSSR count). The molecule has 0 amide bonds. The number of hydrogen-bond acceptors (Lipinski definition) is 5. The number of piperazine rings is 1. The minimum absolute atomic E-state index is 0.603. The van der Waals surface area contributed by atoms with Crippen LogP contribution in [0.3, 0.4) is 0 Å². The van der Waals surface area contributed by atoms with Gasteiger partial charge in [0.15, 0.2) is 0 Å². The Morgan fingerprint density at radius 3 is 3.00 bits per heavy atom. The van der Waals surface area contributed by atoms with Gasteiger partial charge >= 0.3 is 0 Å². The van der Waals surface area contributed by atoms with E-state index in [9.17, 15) is 0 Å². The van der Waals surface area contributed by atoms with Crippen molar-refractivity contribution < 1.29 is 0 Å². The van der Waals surface area contributed by atoms with E-state index in [4.69, 9.17) is 5.73 Å². The molecule has 1 unspecified atom stereocenters. The Bertz CT molecular complexity index is 433.